The quantitative estimate of drug-likeness (QED) is 0.431. The Kier molecular flexibility index (Phi) is 5.51. The summed E-state index contributed by atoms with van der Waals surface area (Å²) in [6.07, 6.45) is 2.90. The van der Waals surface area contributed by atoms with Gasteiger partial charge in [0, 0.05) is 18.3 Å². The summed E-state index contributed by atoms with van der Waals surface area (Å²) >= 11 is 0. The SMILES string of the molecule is Cc1ccnc2c1N(N)C(CC(C)C)N2Cc1ccc(-c2ccccc2-c2nn[nH]n2)cc1. The highest BCUT2D eigenvalue weighted by molar-refractivity contribution is 5.80. The highest BCUT2D eigenvalue weighted by Crippen LogP contribution is 2.41. The van der Waals surface area contributed by atoms with E-state index in [-0.39, 0.29) is 6.17 Å². The third-order valence-corrected chi connectivity index (χ3v) is 6.13. The third-order valence-electron chi connectivity index (χ3n) is 6.13. The maximum absolute atomic E-state index is 6.58. The van der Waals surface area contributed by atoms with Crippen LogP contribution in [0.1, 0.15) is 31.4 Å². The number of aryl methyl sites for hydroxylation is 1. The summed E-state index contributed by atoms with van der Waals surface area (Å²) in [7, 11) is 0. The Morgan fingerprint density at radius 2 is 1.79 bits per heavy atom. The number of rotatable bonds is 6. The molecule has 4 aromatic rings. The van der Waals surface area contributed by atoms with Crippen LogP contribution < -0.4 is 15.8 Å². The minimum absolute atomic E-state index is 0.0762. The third kappa shape index (κ3) is 3.93. The van der Waals surface area contributed by atoms with Crippen LogP contribution in [-0.4, -0.2) is 31.8 Å². The highest BCUT2D eigenvalue weighted by atomic mass is 15.6. The number of benzene rings is 2. The zero-order chi connectivity index (χ0) is 22.9. The molecular weight excluding hydrogens is 412 g/mol. The first-order chi connectivity index (χ1) is 16.0. The molecule has 3 N–H and O–H groups in total. The summed E-state index contributed by atoms with van der Waals surface area (Å²) in [6.45, 7) is 7.28. The van der Waals surface area contributed by atoms with E-state index < -0.39 is 0 Å². The molecule has 0 bridgehead atoms. The first-order valence-electron chi connectivity index (χ1n) is 11.2. The largest absolute Gasteiger partial charge is 0.329 e. The predicted molar refractivity (Wildman–Crippen MR) is 130 cm³/mol. The van der Waals surface area contributed by atoms with Crippen molar-refractivity contribution in [1.29, 1.82) is 0 Å². The van der Waals surface area contributed by atoms with Gasteiger partial charge in [0.2, 0.25) is 5.82 Å². The lowest BCUT2D eigenvalue weighted by molar-refractivity contribution is 0.461. The monoisotopic (exact) mass is 440 g/mol. The summed E-state index contributed by atoms with van der Waals surface area (Å²) in [4.78, 5) is 7.02. The lowest BCUT2D eigenvalue weighted by Gasteiger charge is -2.31. The highest BCUT2D eigenvalue weighted by Gasteiger charge is 2.36. The van der Waals surface area contributed by atoms with Gasteiger partial charge < -0.3 is 4.90 Å². The second-order valence-electron chi connectivity index (χ2n) is 8.92. The summed E-state index contributed by atoms with van der Waals surface area (Å²) < 4.78 is 0. The van der Waals surface area contributed by atoms with Crippen LogP contribution in [-0.2, 0) is 6.54 Å². The Morgan fingerprint density at radius 1 is 1.03 bits per heavy atom. The van der Waals surface area contributed by atoms with E-state index in [9.17, 15) is 0 Å². The van der Waals surface area contributed by atoms with Crippen LogP contribution in [0.3, 0.4) is 0 Å². The standard InChI is InChI=1S/C25H28N8/c1-16(2)14-22-32(25-23(33(22)26)17(3)12-13-27-25)15-18-8-10-19(11-9-18)20-6-4-5-7-21(20)24-28-30-31-29-24/h4-13,16,22H,14-15,26H2,1-3H3,(H,28,29,30,31). The number of aromatic nitrogens is 5. The van der Waals surface area contributed by atoms with Gasteiger partial charge in [-0.25, -0.2) is 10.8 Å². The fourth-order valence-corrected chi connectivity index (χ4v) is 4.54. The number of pyridine rings is 1. The molecule has 1 unspecified atom stereocenters. The Labute approximate surface area is 193 Å². The molecule has 0 saturated carbocycles. The van der Waals surface area contributed by atoms with E-state index in [1.807, 2.05) is 35.5 Å². The number of aromatic amines is 1. The van der Waals surface area contributed by atoms with Crippen LogP contribution in [0.2, 0.25) is 0 Å². The van der Waals surface area contributed by atoms with E-state index in [1.54, 1.807) is 0 Å². The van der Waals surface area contributed by atoms with Crippen LogP contribution in [0.5, 0.6) is 0 Å². The molecule has 8 nitrogen and oxygen atoms in total. The van der Waals surface area contributed by atoms with Gasteiger partial charge in [-0.15, -0.1) is 10.2 Å². The van der Waals surface area contributed by atoms with Gasteiger partial charge in [-0.2, -0.15) is 5.21 Å². The van der Waals surface area contributed by atoms with Gasteiger partial charge in [-0.05, 0) is 52.8 Å². The topological polar surface area (TPSA) is 99.9 Å². The number of hydrogen-bond donors (Lipinski definition) is 2. The van der Waals surface area contributed by atoms with Gasteiger partial charge in [-0.3, -0.25) is 5.01 Å². The molecule has 1 atom stereocenters. The number of H-pyrrole nitrogens is 1. The molecule has 2 aromatic heterocycles. The zero-order valence-corrected chi connectivity index (χ0v) is 19.1. The lowest BCUT2D eigenvalue weighted by Crippen LogP contribution is -2.47. The minimum atomic E-state index is 0.0762. The van der Waals surface area contributed by atoms with Gasteiger partial charge in [-0.1, -0.05) is 62.4 Å². The zero-order valence-electron chi connectivity index (χ0n) is 19.1. The molecule has 2 aromatic carbocycles. The van der Waals surface area contributed by atoms with Crippen molar-refractivity contribution in [2.24, 2.45) is 11.8 Å². The summed E-state index contributed by atoms with van der Waals surface area (Å²) in [5.74, 6) is 8.64. The molecular formula is C25H28N8. The molecule has 168 valence electrons. The number of nitrogens with one attached hydrogen (secondary N) is 1. The van der Waals surface area contributed by atoms with Crippen molar-refractivity contribution in [3.63, 3.8) is 0 Å². The van der Waals surface area contributed by atoms with Crippen molar-refractivity contribution < 1.29 is 0 Å². The predicted octanol–water partition coefficient (Wildman–Crippen LogP) is 4.31. The van der Waals surface area contributed by atoms with E-state index in [4.69, 9.17) is 10.8 Å². The van der Waals surface area contributed by atoms with E-state index >= 15 is 0 Å². The molecule has 33 heavy (non-hydrogen) atoms. The number of anilines is 2. The number of fused-ring (bicyclic) bond motifs is 1. The molecule has 0 amide bonds. The Hall–Kier alpha value is -3.78. The summed E-state index contributed by atoms with van der Waals surface area (Å²) in [6, 6.07) is 18.7. The van der Waals surface area contributed by atoms with Crippen molar-refractivity contribution in [2.45, 2.75) is 39.9 Å². The van der Waals surface area contributed by atoms with Crippen LogP contribution >= 0.6 is 0 Å². The second-order valence-corrected chi connectivity index (χ2v) is 8.92. The van der Waals surface area contributed by atoms with Crippen molar-refractivity contribution in [1.82, 2.24) is 25.6 Å². The molecule has 1 aliphatic heterocycles. The Balaban J connectivity index is 1.45. The molecule has 3 heterocycles. The van der Waals surface area contributed by atoms with E-state index in [0.717, 1.165) is 46.7 Å². The number of nitrogens with two attached hydrogens (primary N) is 1. The molecule has 1 aliphatic rings. The molecule has 0 radical (unpaired) electrons. The average Bonchev–Trinajstić information content (AvgIpc) is 3.44. The number of nitrogens with zero attached hydrogens (tertiary/aromatic N) is 6. The second kappa shape index (κ2) is 8.63. The molecule has 0 aliphatic carbocycles. The van der Waals surface area contributed by atoms with E-state index in [1.165, 1.54) is 5.56 Å². The Morgan fingerprint density at radius 3 is 2.48 bits per heavy atom. The van der Waals surface area contributed by atoms with Crippen molar-refractivity contribution >= 4 is 11.5 Å². The number of hydrogen-bond acceptors (Lipinski definition) is 7. The molecule has 0 saturated heterocycles. The first-order valence-corrected chi connectivity index (χ1v) is 11.2. The van der Waals surface area contributed by atoms with Crippen molar-refractivity contribution in [3.05, 3.63) is 71.9 Å². The first kappa shape index (κ1) is 21.1. The van der Waals surface area contributed by atoms with Crippen LogP contribution in [0.4, 0.5) is 11.5 Å². The maximum Gasteiger partial charge on any atom is 0.205 e. The van der Waals surface area contributed by atoms with E-state index in [2.05, 4.69) is 76.6 Å². The van der Waals surface area contributed by atoms with Crippen LogP contribution in [0.15, 0.2) is 60.8 Å². The molecule has 0 spiro atoms. The molecule has 8 heteroatoms. The lowest BCUT2D eigenvalue weighted by atomic mass is 9.98. The van der Waals surface area contributed by atoms with Gasteiger partial charge in [0.1, 0.15) is 6.17 Å². The normalized spacial score (nSPS) is 15.4. The van der Waals surface area contributed by atoms with Crippen molar-refractivity contribution in [3.8, 4) is 22.5 Å². The average molecular weight is 441 g/mol. The minimum Gasteiger partial charge on any atom is -0.329 e. The fraction of sp³-hybridized carbons (Fsp3) is 0.280. The van der Waals surface area contributed by atoms with E-state index in [0.29, 0.717) is 11.7 Å². The fourth-order valence-electron chi connectivity index (χ4n) is 4.54. The van der Waals surface area contributed by atoms with Crippen molar-refractivity contribution in [2.75, 3.05) is 9.91 Å². The van der Waals surface area contributed by atoms with Gasteiger partial charge in [0.25, 0.3) is 0 Å². The van der Waals surface area contributed by atoms with Crippen LogP contribution in [0, 0.1) is 12.8 Å². The Bertz CT molecular complexity index is 1230. The maximum atomic E-state index is 6.58. The van der Waals surface area contributed by atoms with Gasteiger partial charge in [0.05, 0.1) is 5.69 Å². The smallest absolute Gasteiger partial charge is 0.205 e. The number of tetrazole rings is 1. The van der Waals surface area contributed by atoms with Crippen LogP contribution in [0.25, 0.3) is 22.5 Å². The summed E-state index contributed by atoms with van der Waals surface area (Å²) in [5.41, 5.74) is 6.49. The summed E-state index contributed by atoms with van der Waals surface area (Å²) in [5, 5.41) is 16.4. The van der Waals surface area contributed by atoms with Gasteiger partial charge >= 0.3 is 0 Å². The molecule has 5 rings (SSSR count). The number of hydrazine groups is 1. The molecule has 0 fully saturated rings. The van der Waals surface area contributed by atoms with Gasteiger partial charge in [0.15, 0.2) is 5.82 Å².